The van der Waals surface area contributed by atoms with E-state index in [1.807, 2.05) is 19.9 Å². The van der Waals surface area contributed by atoms with Crippen molar-refractivity contribution >= 4 is 0 Å². The first-order chi connectivity index (χ1) is 10.1. The summed E-state index contributed by atoms with van der Waals surface area (Å²) in [5.41, 5.74) is 8.12. The smallest absolute Gasteiger partial charge is 0.124 e. The molecule has 4 nitrogen and oxygen atoms in total. The van der Waals surface area contributed by atoms with Crippen molar-refractivity contribution in [2.75, 3.05) is 13.2 Å². The zero-order chi connectivity index (χ0) is 15.4. The van der Waals surface area contributed by atoms with Gasteiger partial charge in [-0.25, -0.2) is 0 Å². The molecule has 0 spiro atoms. The molecule has 1 heterocycles. The van der Waals surface area contributed by atoms with E-state index in [1.54, 1.807) is 0 Å². The van der Waals surface area contributed by atoms with Crippen molar-refractivity contribution in [3.05, 3.63) is 23.3 Å². The van der Waals surface area contributed by atoms with Crippen molar-refractivity contribution in [2.45, 2.75) is 45.4 Å². The molecule has 21 heavy (non-hydrogen) atoms. The molecule has 4 heteroatoms. The van der Waals surface area contributed by atoms with Crippen LogP contribution in [0.3, 0.4) is 0 Å². The SMILES string of the molecule is C#CC(C)NC(CN)c1cc2c(cc1OCC)CC(C)O2. The molecule has 0 aromatic heterocycles. The quantitative estimate of drug-likeness (QED) is 0.786. The summed E-state index contributed by atoms with van der Waals surface area (Å²) in [5, 5.41) is 3.34. The number of nitrogens with one attached hydrogen (secondary N) is 1. The molecule has 0 radical (unpaired) electrons. The third kappa shape index (κ3) is 3.49. The Morgan fingerprint density at radius 2 is 2.33 bits per heavy atom. The molecule has 3 N–H and O–H groups in total. The van der Waals surface area contributed by atoms with Crippen LogP contribution < -0.4 is 20.5 Å². The van der Waals surface area contributed by atoms with Crippen molar-refractivity contribution in [1.82, 2.24) is 5.32 Å². The molecule has 0 amide bonds. The van der Waals surface area contributed by atoms with Crippen LogP contribution in [0.2, 0.25) is 0 Å². The second-order valence-electron chi connectivity index (χ2n) is 5.41. The third-order valence-corrected chi connectivity index (χ3v) is 3.64. The summed E-state index contributed by atoms with van der Waals surface area (Å²) in [6.07, 6.45) is 6.57. The zero-order valence-corrected chi connectivity index (χ0v) is 13.0. The Hall–Kier alpha value is -1.70. The van der Waals surface area contributed by atoms with E-state index < -0.39 is 0 Å². The first-order valence-electron chi connectivity index (χ1n) is 7.47. The van der Waals surface area contributed by atoms with E-state index >= 15 is 0 Å². The van der Waals surface area contributed by atoms with Crippen molar-refractivity contribution in [3.8, 4) is 23.8 Å². The highest BCUT2D eigenvalue weighted by molar-refractivity contribution is 5.50. The molecule has 0 saturated heterocycles. The highest BCUT2D eigenvalue weighted by Crippen LogP contribution is 2.37. The van der Waals surface area contributed by atoms with Gasteiger partial charge in [0, 0.05) is 30.1 Å². The van der Waals surface area contributed by atoms with Crippen LogP contribution in [0.4, 0.5) is 0 Å². The number of hydrogen-bond donors (Lipinski definition) is 2. The lowest BCUT2D eigenvalue weighted by molar-refractivity contribution is 0.254. The number of terminal acetylenes is 1. The highest BCUT2D eigenvalue weighted by atomic mass is 16.5. The fourth-order valence-electron chi connectivity index (χ4n) is 2.64. The molecule has 3 unspecified atom stereocenters. The number of benzene rings is 1. The van der Waals surface area contributed by atoms with E-state index in [-0.39, 0.29) is 18.2 Å². The lowest BCUT2D eigenvalue weighted by atomic mass is 10.0. The number of rotatable bonds is 6. The number of ether oxygens (including phenoxy) is 2. The highest BCUT2D eigenvalue weighted by Gasteiger charge is 2.25. The Bertz CT molecular complexity index is 536. The lowest BCUT2D eigenvalue weighted by Crippen LogP contribution is -2.34. The predicted octanol–water partition coefficient (Wildman–Crippen LogP) is 2.02. The normalized spacial score (nSPS) is 19.3. The summed E-state index contributed by atoms with van der Waals surface area (Å²) in [5.74, 6) is 4.46. The second kappa shape index (κ2) is 6.84. The fraction of sp³-hybridized carbons (Fsp3) is 0.529. The van der Waals surface area contributed by atoms with Gasteiger partial charge in [-0.1, -0.05) is 5.92 Å². The average Bonchev–Trinajstić information content (AvgIpc) is 2.83. The van der Waals surface area contributed by atoms with Gasteiger partial charge in [0.1, 0.15) is 17.6 Å². The maximum Gasteiger partial charge on any atom is 0.124 e. The first-order valence-corrected chi connectivity index (χ1v) is 7.47. The summed E-state index contributed by atoms with van der Waals surface area (Å²) in [6.45, 7) is 7.05. The van der Waals surface area contributed by atoms with E-state index in [9.17, 15) is 0 Å². The molecule has 1 aromatic rings. The summed E-state index contributed by atoms with van der Waals surface area (Å²) >= 11 is 0. The maximum absolute atomic E-state index is 5.92. The maximum atomic E-state index is 5.92. The minimum atomic E-state index is -0.0545. The molecule has 1 aliphatic heterocycles. The number of fused-ring (bicyclic) bond motifs is 1. The van der Waals surface area contributed by atoms with Crippen LogP contribution in [-0.4, -0.2) is 25.3 Å². The summed E-state index contributed by atoms with van der Waals surface area (Å²) in [4.78, 5) is 0. The van der Waals surface area contributed by atoms with E-state index in [0.29, 0.717) is 13.2 Å². The molecule has 2 rings (SSSR count). The van der Waals surface area contributed by atoms with Gasteiger partial charge in [0.2, 0.25) is 0 Å². The van der Waals surface area contributed by atoms with Crippen LogP contribution in [-0.2, 0) is 6.42 Å². The Kier molecular flexibility index (Phi) is 5.11. The van der Waals surface area contributed by atoms with Crippen LogP contribution in [0.5, 0.6) is 11.5 Å². The van der Waals surface area contributed by atoms with Crippen LogP contribution in [0.25, 0.3) is 0 Å². The van der Waals surface area contributed by atoms with E-state index in [0.717, 1.165) is 23.5 Å². The molecule has 3 atom stereocenters. The fourth-order valence-corrected chi connectivity index (χ4v) is 2.64. The van der Waals surface area contributed by atoms with Gasteiger partial charge >= 0.3 is 0 Å². The Morgan fingerprint density at radius 1 is 1.57 bits per heavy atom. The van der Waals surface area contributed by atoms with Gasteiger partial charge in [-0.15, -0.1) is 6.42 Å². The van der Waals surface area contributed by atoms with E-state index in [1.165, 1.54) is 5.56 Å². The summed E-state index contributed by atoms with van der Waals surface area (Å²) in [7, 11) is 0. The molecule has 1 aliphatic rings. The van der Waals surface area contributed by atoms with E-state index in [2.05, 4.69) is 24.2 Å². The van der Waals surface area contributed by atoms with Crippen LogP contribution in [0.15, 0.2) is 12.1 Å². The van der Waals surface area contributed by atoms with Crippen molar-refractivity contribution in [3.63, 3.8) is 0 Å². The average molecular weight is 288 g/mol. The monoisotopic (exact) mass is 288 g/mol. The minimum absolute atomic E-state index is 0.0533. The van der Waals surface area contributed by atoms with Crippen molar-refractivity contribution < 1.29 is 9.47 Å². The van der Waals surface area contributed by atoms with Gasteiger partial charge < -0.3 is 15.2 Å². The molecule has 1 aromatic carbocycles. The molecular formula is C17H24N2O2. The largest absolute Gasteiger partial charge is 0.494 e. The molecule has 0 aliphatic carbocycles. The topological polar surface area (TPSA) is 56.5 Å². The van der Waals surface area contributed by atoms with Gasteiger partial charge in [0.05, 0.1) is 12.6 Å². The molecule has 0 fully saturated rings. The molecular weight excluding hydrogens is 264 g/mol. The van der Waals surface area contributed by atoms with Crippen LogP contribution in [0, 0.1) is 12.3 Å². The van der Waals surface area contributed by atoms with Gasteiger partial charge in [-0.3, -0.25) is 5.32 Å². The van der Waals surface area contributed by atoms with Gasteiger partial charge in [0.25, 0.3) is 0 Å². The zero-order valence-electron chi connectivity index (χ0n) is 13.0. The predicted molar refractivity (Wildman–Crippen MR) is 84.6 cm³/mol. The number of nitrogens with two attached hydrogens (primary N) is 1. The summed E-state index contributed by atoms with van der Waals surface area (Å²) < 4.78 is 11.6. The molecule has 0 saturated carbocycles. The number of hydrogen-bond acceptors (Lipinski definition) is 4. The Balaban J connectivity index is 2.36. The minimum Gasteiger partial charge on any atom is -0.494 e. The van der Waals surface area contributed by atoms with Crippen molar-refractivity contribution in [2.24, 2.45) is 5.73 Å². The van der Waals surface area contributed by atoms with E-state index in [4.69, 9.17) is 21.6 Å². The van der Waals surface area contributed by atoms with Crippen LogP contribution in [0.1, 0.15) is 37.9 Å². The van der Waals surface area contributed by atoms with Gasteiger partial charge in [-0.05, 0) is 32.9 Å². The second-order valence-corrected chi connectivity index (χ2v) is 5.41. The van der Waals surface area contributed by atoms with Gasteiger partial charge in [0.15, 0.2) is 0 Å². The standard InChI is InChI=1S/C17H24N2O2/c1-5-11(3)19-15(10-18)14-9-16-13(7-12(4)21-16)8-17(14)20-6-2/h1,8-9,11-12,15,19H,6-7,10,18H2,2-4H3. The molecule has 114 valence electrons. The Morgan fingerprint density at radius 3 is 2.95 bits per heavy atom. The first kappa shape index (κ1) is 15.7. The third-order valence-electron chi connectivity index (χ3n) is 3.64. The van der Waals surface area contributed by atoms with Crippen LogP contribution >= 0.6 is 0 Å². The summed E-state index contributed by atoms with van der Waals surface area (Å²) in [6, 6.07) is 4.00. The lowest BCUT2D eigenvalue weighted by Gasteiger charge is -2.23. The molecule has 0 bridgehead atoms. The van der Waals surface area contributed by atoms with Gasteiger partial charge in [-0.2, -0.15) is 0 Å². The Labute approximate surface area is 127 Å². The van der Waals surface area contributed by atoms with Crippen molar-refractivity contribution in [1.29, 1.82) is 0 Å².